The van der Waals surface area contributed by atoms with Crippen LogP contribution in [0, 0.1) is 35.3 Å². The van der Waals surface area contributed by atoms with Gasteiger partial charge in [0, 0.05) is 5.56 Å². The summed E-state index contributed by atoms with van der Waals surface area (Å²) in [7, 11) is 0. The van der Waals surface area contributed by atoms with Crippen LogP contribution in [0.2, 0.25) is 0 Å². The summed E-state index contributed by atoms with van der Waals surface area (Å²) in [5.74, 6) is 1.56. The maximum absolute atomic E-state index is 14.6. The van der Waals surface area contributed by atoms with Gasteiger partial charge >= 0.3 is 0 Å². The first-order chi connectivity index (χ1) is 18.1. The van der Waals surface area contributed by atoms with Crippen LogP contribution in [0.3, 0.4) is 0 Å². The van der Waals surface area contributed by atoms with E-state index < -0.39 is 11.6 Å². The Morgan fingerprint density at radius 2 is 1.73 bits per heavy atom. The Labute approximate surface area is 223 Å². The van der Waals surface area contributed by atoms with Gasteiger partial charge in [0.2, 0.25) is 5.82 Å². The molecule has 4 heteroatoms. The van der Waals surface area contributed by atoms with Crippen LogP contribution in [0.4, 0.5) is 8.78 Å². The molecule has 2 aliphatic carbocycles. The molecule has 1 saturated heterocycles. The Hall–Kier alpha value is -1.68. The summed E-state index contributed by atoms with van der Waals surface area (Å²) in [5.41, 5.74) is 1.32. The van der Waals surface area contributed by atoms with Gasteiger partial charge in [0.1, 0.15) is 0 Å². The number of benzene rings is 1. The molecular formula is C33H48F2O2. The molecular weight excluding hydrogens is 466 g/mol. The minimum absolute atomic E-state index is 0.00360. The van der Waals surface area contributed by atoms with Gasteiger partial charge in [0.15, 0.2) is 11.6 Å². The molecule has 37 heavy (non-hydrogen) atoms. The lowest BCUT2D eigenvalue weighted by Crippen LogP contribution is -2.32. The lowest BCUT2D eigenvalue weighted by molar-refractivity contribution is -0.0443. The maximum Gasteiger partial charge on any atom is 0.201 e. The zero-order valence-electron chi connectivity index (χ0n) is 23.2. The molecule has 0 radical (unpaired) electrons. The number of halogens is 2. The van der Waals surface area contributed by atoms with E-state index in [2.05, 4.69) is 25.2 Å². The summed E-state index contributed by atoms with van der Waals surface area (Å²) in [6.45, 7) is 5.16. The fraction of sp³-hybridized carbons (Fsp3) is 0.697. The van der Waals surface area contributed by atoms with Crippen LogP contribution in [-0.2, 0) is 4.74 Å². The van der Waals surface area contributed by atoms with E-state index >= 15 is 0 Å². The Morgan fingerprint density at radius 3 is 2.41 bits per heavy atom. The van der Waals surface area contributed by atoms with Crippen LogP contribution >= 0.6 is 0 Å². The predicted octanol–water partition coefficient (Wildman–Crippen LogP) is 9.68. The lowest BCUT2D eigenvalue weighted by atomic mass is 9.72. The second-order valence-corrected chi connectivity index (χ2v) is 11.7. The quantitative estimate of drug-likeness (QED) is 0.216. The summed E-state index contributed by atoms with van der Waals surface area (Å²) in [6, 6.07) is 3.22. The van der Waals surface area contributed by atoms with E-state index in [9.17, 15) is 8.78 Å². The van der Waals surface area contributed by atoms with Crippen molar-refractivity contribution < 1.29 is 18.3 Å². The molecule has 3 atom stereocenters. The number of hydrogen-bond donors (Lipinski definition) is 0. The van der Waals surface area contributed by atoms with Crippen molar-refractivity contribution in [2.45, 2.75) is 110 Å². The van der Waals surface area contributed by atoms with Gasteiger partial charge in [-0.3, -0.25) is 0 Å². The molecule has 1 aromatic rings. The first-order valence-electron chi connectivity index (χ1n) is 15.1. The third kappa shape index (κ3) is 7.91. The number of rotatable bonds is 11. The molecule has 3 unspecified atom stereocenters. The first kappa shape index (κ1) is 28.3. The molecule has 206 valence electrons. The fourth-order valence-corrected chi connectivity index (χ4v) is 6.93. The third-order valence-corrected chi connectivity index (χ3v) is 9.29. The van der Waals surface area contributed by atoms with Crippen LogP contribution < -0.4 is 4.74 Å². The molecule has 0 aromatic heterocycles. The fourth-order valence-electron chi connectivity index (χ4n) is 6.93. The van der Waals surface area contributed by atoms with Crippen molar-refractivity contribution in [2.24, 2.45) is 23.7 Å². The molecule has 1 aromatic carbocycles. The molecule has 0 amide bonds. The van der Waals surface area contributed by atoms with E-state index in [1.165, 1.54) is 57.8 Å². The van der Waals surface area contributed by atoms with Gasteiger partial charge in [-0.2, -0.15) is 4.39 Å². The van der Waals surface area contributed by atoms with Crippen molar-refractivity contribution in [2.75, 3.05) is 13.2 Å². The van der Waals surface area contributed by atoms with Crippen LogP contribution in [-0.4, -0.2) is 19.3 Å². The second-order valence-electron chi connectivity index (χ2n) is 11.7. The van der Waals surface area contributed by atoms with Crippen molar-refractivity contribution in [3.05, 3.63) is 47.6 Å². The molecule has 2 nitrogen and oxygen atoms in total. The molecule has 1 saturated carbocycles. The van der Waals surface area contributed by atoms with Crippen LogP contribution in [0.5, 0.6) is 5.75 Å². The number of ether oxygens (including phenoxy) is 2. The van der Waals surface area contributed by atoms with E-state index in [-0.39, 0.29) is 5.75 Å². The van der Waals surface area contributed by atoms with Gasteiger partial charge in [-0.25, -0.2) is 4.39 Å². The molecule has 3 aliphatic rings. The van der Waals surface area contributed by atoms with Crippen molar-refractivity contribution >= 4 is 5.57 Å². The molecule has 2 fully saturated rings. The van der Waals surface area contributed by atoms with Crippen molar-refractivity contribution in [1.82, 2.24) is 0 Å². The molecule has 0 spiro atoms. The highest BCUT2D eigenvalue weighted by Crippen LogP contribution is 2.40. The number of unbranched alkanes of at least 4 members (excludes halogenated alkanes) is 1. The van der Waals surface area contributed by atoms with Gasteiger partial charge in [0.25, 0.3) is 0 Å². The molecule has 1 aliphatic heterocycles. The standard InChI is InChI=1S/C33H48F2O2/c1-3-5-6-7-8-24-9-14-26(15-10-24)28-18-20-29(37-23-28)19-13-25-11-16-27(17-12-25)30-21-22-31(36-4-2)33(35)32(30)34/h3,5,16,21-22,24-26,28-29H,4,6-15,17-20,23H2,1-2H3. The SMILES string of the molecule is CC=CCCCC1CCC(C2CCC(CCC3CC=C(c4ccc(OCC)c(F)c4F)CC3)OC2)CC1. The van der Waals surface area contributed by atoms with E-state index in [1.54, 1.807) is 19.1 Å². The first-order valence-corrected chi connectivity index (χ1v) is 15.1. The average Bonchev–Trinajstić information content (AvgIpc) is 2.94. The molecule has 1 heterocycles. The highest BCUT2D eigenvalue weighted by atomic mass is 19.2. The van der Waals surface area contributed by atoms with Gasteiger partial charge in [-0.05, 0) is 126 Å². The minimum Gasteiger partial charge on any atom is -0.491 e. The highest BCUT2D eigenvalue weighted by Gasteiger charge is 2.31. The predicted molar refractivity (Wildman–Crippen MR) is 149 cm³/mol. The van der Waals surface area contributed by atoms with Crippen LogP contribution in [0.25, 0.3) is 5.57 Å². The normalized spacial score (nSPS) is 28.9. The zero-order chi connectivity index (χ0) is 26.0. The third-order valence-electron chi connectivity index (χ3n) is 9.29. The smallest absolute Gasteiger partial charge is 0.201 e. The van der Waals surface area contributed by atoms with Gasteiger partial charge in [-0.15, -0.1) is 0 Å². The average molecular weight is 515 g/mol. The number of hydrogen-bond acceptors (Lipinski definition) is 2. The van der Waals surface area contributed by atoms with E-state index in [1.807, 2.05) is 0 Å². The monoisotopic (exact) mass is 514 g/mol. The Bertz CT molecular complexity index is 892. The van der Waals surface area contributed by atoms with Crippen molar-refractivity contribution in [3.63, 3.8) is 0 Å². The summed E-state index contributed by atoms with van der Waals surface area (Å²) in [6.07, 6.45) is 24.3. The van der Waals surface area contributed by atoms with E-state index in [0.717, 1.165) is 62.0 Å². The van der Waals surface area contributed by atoms with E-state index in [4.69, 9.17) is 9.47 Å². The van der Waals surface area contributed by atoms with E-state index in [0.29, 0.717) is 24.2 Å². The largest absolute Gasteiger partial charge is 0.491 e. The Kier molecular flexibility index (Phi) is 11.1. The lowest BCUT2D eigenvalue weighted by Gasteiger charge is -2.38. The molecule has 0 bridgehead atoms. The summed E-state index contributed by atoms with van der Waals surface area (Å²) >= 11 is 0. The molecule has 0 N–H and O–H groups in total. The van der Waals surface area contributed by atoms with Crippen molar-refractivity contribution in [3.8, 4) is 5.75 Å². The summed E-state index contributed by atoms with van der Waals surface area (Å²) < 4.78 is 40.5. The number of allylic oxidation sites excluding steroid dienone is 4. The van der Waals surface area contributed by atoms with Crippen molar-refractivity contribution in [1.29, 1.82) is 0 Å². The minimum atomic E-state index is -0.872. The Morgan fingerprint density at radius 1 is 0.919 bits per heavy atom. The van der Waals surface area contributed by atoms with Crippen LogP contribution in [0.1, 0.15) is 109 Å². The second kappa shape index (κ2) is 14.5. The zero-order valence-corrected chi connectivity index (χ0v) is 23.2. The van der Waals surface area contributed by atoms with Gasteiger partial charge in [-0.1, -0.05) is 37.5 Å². The maximum atomic E-state index is 14.6. The molecule has 4 rings (SSSR count). The topological polar surface area (TPSA) is 18.5 Å². The Balaban J connectivity index is 1.14. The highest BCUT2D eigenvalue weighted by molar-refractivity contribution is 5.67. The summed E-state index contributed by atoms with van der Waals surface area (Å²) in [5, 5.41) is 0. The van der Waals surface area contributed by atoms with Gasteiger partial charge < -0.3 is 9.47 Å². The van der Waals surface area contributed by atoms with Crippen LogP contribution in [0.15, 0.2) is 30.4 Å². The summed E-state index contributed by atoms with van der Waals surface area (Å²) in [4.78, 5) is 0. The van der Waals surface area contributed by atoms with Gasteiger partial charge in [0.05, 0.1) is 19.3 Å².